The molecule has 0 unspecified atom stereocenters. The van der Waals surface area contributed by atoms with Crippen LogP contribution < -0.4 is 5.32 Å². The zero-order chi connectivity index (χ0) is 12.8. The highest BCUT2D eigenvalue weighted by atomic mass is 79.9. The molecule has 100 valence electrons. The standard InChI is InChI=1S/C16H24BrN/c1-13-8-7-11-15(16(13)17)18-12-14-9-5-3-2-4-6-10-14/h7-8,11,14,18H,2-6,9-10,12H2,1H3. The van der Waals surface area contributed by atoms with Crippen LogP contribution in [0.1, 0.15) is 50.5 Å². The third-order valence-corrected chi connectivity index (χ3v) is 5.05. The molecule has 1 saturated carbocycles. The maximum Gasteiger partial charge on any atom is 0.0487 e. The van der Waals surface area contributed by atoms with Crippen LogP contribution in [0.25, 0.3) is 0 Å². The molecule has 1 nitrogen and oxygen atoms in total. The second-order valence-corrected chi connectivity index (χ2v) is 6.32. The quantitative estimate of drug-likeness (QED) is 0.774. The number of anilines is 1. The van der Waals surface area contributed by atoms with Gasteiger partial charge in [-0.3, -0.25) is 0 Å². The molecule has 18 heavy (non-hydrogen) atoms. The zero-order valence-corrected chi connectivity index (χ0v) is 12.9. The van der Waals surface area contributed by atoms with Gasteiger partial charge in [-0.25, -0.2) is 0 Å². The van der Waals surface area contributed by atoms with Crippen molar-refractivity contribution >= 4 is 21.6 Å². The number of hydrogen-bond acceptors (Lipinski definition) is 1. The lowest BCUT2D eigenvalue weighted by molar-refractivity contribution is 0.392. The fraction of sp³-hybridized carbons (Fsp3) is 0.625. The summed E-state index contributed by atoms with van der Waals surface area (Å²) in [6, 6.07) is 6.44. The Kier molecular flexibility index (Phi) is 5.55. The van der Waals surface area contributed by atoms with Gasteiger partial charge in [-0.1, -0.05) is 44.2 Å². The van der Waals surface area contributed by atoms with E-state index >= 15 is 0 Å². The molecule has 0 bridgehead atoms. The SMILES string of the molecule is Cc1cccc(NCC2CCCCCCC2)c1Br. The van der Waals surface area contributed by atoms with Crippen molar-refractivity contribution < 1.29 is 0 Å². The summed E-state index contributed by atoms with van der Waals surface area (Å²) in [5.41, 5.74) is 2.55. The summed E-state index contributed by atoms with van der Waals surface area (Å²) in [4.78, 5) is 0. The van der Waals surface area contributed by atoms with E-state index in [-0.39, 0.29) is 0 Å². The molecule has 2 rings (SSSR count). The summed E-state index contributed by atoms with van der Waals surface area (Å²) in [5, 5.41) is 3.62. The minimum atomic E-state index is 0.859. The number of rotatable bonds is 3. The molecule has 2 heteroatoms. The molecule has 0 aliphatic heterocycles. The van der Waals surface area contributed by atoms with Crippen LogP contribution in [0, 0.1) is 12.8 Å². The Hall–Kier alpha value is -0.500. The molecular formula is C16H24BrN. The summed E-state index contributed by atoms with van der Waals surface area (Å²) in [5.74, 6) is 0.859. The highest BCUT2D eigenvalue weighted by Crippen LogP contribution is 2.27. The van der Waals surface area contributed by atoms with Crippen LogP contribution in [0.5, 0.6) is 0 Å². The molecule has 0 spiro atoms. The van der Waals surface area contributed by atoms with E-state index in [1.54, 1.807) is 0 Å². The Morgan fingerprint density at radius 3 is 2.50 bits per heavy atom. The van der Waals surface area contributed by atoms with Gasteiger partial charge in [-0.05, 0) is 53.2 Å². The van der Waals surface area contributed by atoms with Crippen LogP contribution in [0.3, 0.4) is 0 Å². The smallest absolute Gasteiger partial charge is 0.0487 e. The van der Waals surface area contributed by atoms with Crippen molar-refractivity contribution in [2.24, 2.45) is 5.92 Å². The lowest BCUT2D eigenvalue weighted by atomic mass is 9.91. The summed E-state index contributed by atoms with van der Waals surface area (Å²) in [6.45, 7) is 3.27. The van der Waals surface area contributed by atoms with Gasteiger partial charge in [0.1, 0.15) is 0 Å². The Bertz CT molecular complexity index is 367. The molecule has 0 atom stereocenters. The molecular weight excluding hydrogens is 286 g/mol. The number of halogens is 1. The largest absolute Gasteiger partial charge is 0.384 e. The maximum absolute atomic E-state index is 3.67. The van der Waals surface area contributed by atoms with Gasteiger partial charge in [0, 0.05) is 16.7 Å². The van der Waals surface area contributed by atoms with Gasteiger partial charge in [-0.15, -0.1) is 0 Å². The Balaban J connectivity index is 1.87. The number of benzene rings is 1. The van der Waals surface area contributed by atoms with Crippen LogP contribution in [0.4, 0.5) is 5.69 Å². The summed E-state index contributed by atoms with van der Waals surface area (Å²) in [6.07, 6.45) is 9.95. The molecule has 0 amide bonds. The van der Waals surface area contributed by atoms with Gasteiger partial charge in [-0.2, -0.15) is 0 Å². The van der Waals surface area contributed by atoms with E-state index in [4.69, 9.17) is 0 Å². The first-order valence-corrected chi connectivity index (χ1v) is 8.05. The van der Waals surface area contributed by atoms with Crippen molar-refractivity contribution in [1.82, 2.24) is 0 Å². The van der Waals surface area contributed by atoms with Gasteiger partial charge < -0.3 is 5.32 Å². The third kappa shape index (κ3) is 4.01. The van der Waals surface area contributed by atoms with E-state index in [1.807, 2.05) is 0 Å². The van der Waals surface area contributed by atoms with Crippen molar-refractivity contribution in [3.05, 3.63) is 28.2 Å². The van der Waals surface area contributed by atoms with Crippen molar-refractivity contribution in [3.8, 4) is 0 Å². The normalized spacial score (nSPS) is 18.1. The van der Waals surface area contributed by atoms with Gasteiger partial charge in [0.05, 0.1) is 0 Å². The van der Waals surface area contributed by atoms with Crippen molar-refractivity contribution in [2.75, 3.05) is 11.9 Å². The van der Waals surface area contributed by atoms with Crippen LogP contribution in [-0.4, -0.2) is 6.54 Å². The van der Waals surface area contributed by atoms with E-state index in [0.717, 1.165) is 12.5 Å². The monoisotopic (exact) mass is 309 g/mol. The van der Waals surface area contributed by atoms with E-state index < -0.39 is 0 Å². The Morgan fingerprint density at radius 1 is 1.11 bits per heavy atom. The zero-order valence-electron chi connectivity index (χ0n) is 11.3. The van der Waals surface area contributed by atoms with E-state index in [2.05, 4.69) is 46.4 Å². The van der Waals surface area contributed by atoms with Crippen molar-refractivity contribution in [1.29, 1.82) is 0 Å². The molecule has 0 aromatic heterocycles. The van der Waals surface area contributed by atoms with E-state index in [9.17, 15) is 0 Å². The average molecular weight is 310 g/mol. The molecule has 1 N–H and O–H groups in total. The minimum Gasteiger partial charge on any atom is -0.384 e. The molecule has 1 fully saturated rings. The third-order valence-electron chi connectivity index (χ3n) is 4.00. The maximum atomic E-state index is 3.67. The molecule has 1 aliphatic rings. The van der Waals surface area contributed by atoms with Crippen molar-refractivity contribution in [3.63, 3.8) is 0 Å². The van der Waals surface area contributed by atoms with Crippen LogP contribution in [0.2, 0.25) is 0 Å². The topological polar surface area (TPSA) is 12.0 Å². The van der Waals surface area contributed by atoms with Gasteiger partial charge in [0.2, 0.25) is 0 Å². The van der Waals surface area contributed by atoms with Crippen LogP contribution in [0.15, 0.2) is 22.7 Å². The number of nitrogens with one attached hydrogen (secondary N) is 1. The number of aryl methyl sites for hydroxylation is 1. The van der Waals surface area contributed by atoms with E-state index in [1.165, 1.54) is 60.7 Å². The predicted molar refractivity (Wildman–Crippen MR) is 83.2 cm³/mol. The Morgan fingerprint density at radius 2 is 1.78 bits per heavy atom. The lowest BCUT2D eigenvalue weighted by Crippen LogP contribution is -2.16. The molecule has 1 aromatic carbocycles. The molecule has 0 radical (unpaired) electrons. The predicted octanol–water partition coefficient (Wildman–Crippen LogP) is 5.53. The first-order valence-electron chi connectivity index (χ1n) is 7.26. The van der Waals surface area contributed by atoms with Gasteiger partial charge in [0.15, 0.2) is 0 Å². The average Bonchev–Trinajstić information content (AvgIpc) is 2.32. The summed E-state index contributed by atoms with van der Waals surface area (Å²) < 4.78 is 1.22. The number of hydrogen-bond donors (Lipinski definition) is 1. The highest BCUT2D eigenvalue weighted by molar-refractivity contribution is 9.10. The molecule has 1 aromatic rings. The second kappa shape index (κ2) is 7.18. The first kappa shape index (κ1) is 13.9. The fourth-order valence-corrected chi connectivity index (χ4v) is 3.19. The highest BCUT2D eigenvalue weighted by Gasteiger charge is 2.11. The van der Waals surface area contributed by atoms with Gasteiger partial charge >= 0.3 is 0 Å². The summed E-state index contributed by atoms with van der Waals surface area (Å²) in [7, 11) is 0. The second-order valence-electron chi connectivity index (χ2n) is 5.53. The summed E-state index contributed by atoms with van der Waals surface area (Å²) >= 11 is 3.67. The van der Waals surface area contributed by atoms with Crippen molar-refractivity contribution in [2.45, 2.75) is 51.9 Å². The Labute approximate surface area is 119 Å². The van der Waals surface area contributed by atoms with Crippen LogP contribution >= 0.6 is 15.9 Å². The minimum absolute atomic E-state index is 0.859. The molecule has 0 heterocycles. The van der Waals surface area contributed by atoms with Gasteiger partial charge in [0.25, 0.3) is 0 Å². The lowest BCUT2D eigenvalue weighted by Gasteiger charge is -2.21. The molecule has 0 saturated heterocycles. The molecule has 1 aliphatic carbocycles. The first-order chi connectivity index (χ1) is 8.77. The van der Waals surface area contributed by atoms with E-state index in [0.29, 0.717) is 0 Å². The fourth-order valence-electron chi connectivity index (χ4n) is 2.78. The van der Waals surface area contributed by atoms with Crippen LogP contribution in [-0.2, 0) is 0 Å².